The first-order valence-corrected chi connectivity index (χ1v) is 8.04. The van der Waals surface area contributed by atoms with Crippen LogP contribution in [0.25, 0.3) is 0 Å². The SMILES string of the molecule is CC(C)c1cccc(C(C)C)c1N1CC1c1ccccc1. The van der Waals surface area contributed by atoms with E-state index in [1.807, 2.05) is 0 Å². The van der Waals surface area contributed by atoms with Crippen LogP contribution in [0.5, 0.6) is 0 Å². The number of rotatable bonds is 4. The molecule has 0 bridgehead atoms. The quantitative estimate of drug-likeness (QED) is 0.668. The molecule has 1 unspecified atom stereocenters. The van der Waals surface area contributed by atoms with Crippen LogP contribution in [-0.2, 0) is 0 Å². The molecule has 0 amide bonds. The summed E-state index contributed by atoms with van der Waals surface area (Å²) in [5, 5.41) is 0. The predicted molar refractivity (Wildman–Crippen MR) is 91.1 cm³/mol. The monoisotopic (exact) mass is 279 g/mol. The van der Waals surface area contributed by atoms with Crippen molar-refractivity contribution in [2.24, 2.45) is 0 Å². The molecule has 0 spiro atoms. The molecule has 1 aliphatic rings. The van der Waals surface area contributed by atoms with Gasteiger partial charge in [-0.3, -0.25) is 0 Å². The molecule has 110 valence electrons. The zero-order chi connectivity index (χ0) is 15.0. The van der Waals surface area contributed by atoms with Crippen molar-refractivity contribution in [2.45, 2.75) is 45.6 Å². The highest BCUT2D eigenvalue weighted by molar-refractivity contribution is 5.67. The van der Waals surface area contributed by atoms with E-state index >= 15 is 0 Å². The van der Waals surface area contributed by atoms with E-state index in [0.717, 1.165) is 6.54 Å². The fourth-order valence-corrected chi connectivity index (χ4v) is 3.19. The van der Waals surface area contributed by atoms with E-state index in [1.54, 1.807) is 0 Å². The molecular weight excluding hydrogens is 254 g/mol. The first kappa shape index (κ1) is 14.2. The first-order chi connectivity index (χ1) is 10.1. The van der Waals surface area contributed by atoms with Crippen LogP contribution in [-0.4, -0.2) is 6.54 Å². The molecule has 0 N–H and O–H groups in total. The van der Waals surface area contributed by atoms with Crippen molar-refractivity contribution in [3.63, 3.8) is 0 Å². The predicted octanol–water partition coefficient (Wildman–Crippen LogP) is 5.49. The summed E-state index contributed by atoms with van der Waals surface area (Å²) < 4.78 is 0. The Morgan fingerprint density at radius 2 is 1.38 bits per heavy atom. The minimum Gasteiger partial charge on any atom is -0.360 e. The van der Waals surface area contributed by atoms with Crippen molar-refractivity contribution in [3.05, 3.63) is 65.2 Å². The van der Waals surface area contributed by atoms with Crippen molar-refractivity contribution in [1.82, 2.24) is 0 Å². The summed E-state index contributed by atoms with van der Waals surface area (Å²) in [6.07, 6.45) is 0. The minimum atomic E-state index is 0.559. The van der Waals surface area contributed by atoms with Gasteiger partial charge < -0.3 is 4.90 Å². The van der Waals surface area contributed by atoms with Crippen molar-refractivity contribution >= 4 is 5.69 Å². The number of hydrogen-bond donors (Lipinski definition) is 0. The third-order valence-corrected chi connectivity index (χ3v) is 4.43. The summed E-state index contributed by atoms with van der Waals surface area (Å²) in [5.74, 6) is 1.13. The summed E-state index contributed by atoms with van der Waals surface area (Å²) in [6.45, 7) is 10.3. The number of benzene rings is 2. The van der Waals surface area contributed by atoms with Crippen molar-refractivity contribution in [3.8, 4) is 0 Å². The Morgan fingerprint density at radius 3 is 1.90 bits per heavy atom. The molecule has 2 aromatic carbocycles. The molecule has 0 radical (unpaired) electrons. The molecule has 1 fully saturated rings. The molecule has 1 saturated heterocycles. The van der Waals surface area contributed by atoms with E-state index in [0.29, 0.717) is 17.9 Å². The summed E-state index contributed by atoms with van der Waals surface area (Å²) in [4.78, 5) is 2.57. The second-order valence-electron chi connectivity index (χ2n) is 6.67. The normalized spacial score (nSPS) is 17.6. The van der Waals surface area contributed by atoms with Gasteiger partial charge in [0.1, 0.15) is 0 Å². The molecule has 3 rings (SSSR count). The lowest BCUT2D eigenvalue weighted by atomic mass is 9.92. The maximum Gasteiger partial charge on any atom is 0.0719 e. The number of para-hydroxylation sites is 1. The lowest BCUT2D eigenvalue weighted by molar-refractivity contribution is 0.829. The molecule has 1 heteroatoms. The van der Waals surface area contributed by atoms with Crippen LogP contribution >= 0.6 is 0 Å². The van der Waals surface area contributed by atoms with E-state index < -0.39 is 0 Å². The Hall–Kier alpha value is -1.76. The average molecular weight is 279 g/mol. The van der Waals surface area contributed by atoms with Crippen LogP contribution in [0.1, 0.15) is 62.3 Å². The van der Waals surface area contributed by atoms with Gasteiger partial charge in [0.05, 0.1) is 6.04 Å². The molecule has 21 heavy (non-hydrogen) atoms. The van der Waals surface area contributed by atoms with Gasteiger partial charge in [-0.25, -0.2) is 0 Å². The van der Waals surface area contributed by atoms with Crippen molar-refractivity contribution < 1.29 is 0 Å². The maximum absolute atomic E-state index is 2.57. The Kier molecular flexibility index (Phi) is 3.75. The molecule has 0 aliphatic carbocycles. The van der Waals surface area contributed by atoms with Crippen LogP contribution < -0.4 is 4.90 Å². The summed E-state index contributed by atoms with van der Waals surface area (Å²) in [6, 6.07) is 18.2. The fraction of sp³-hybridized carbons (Fsp3) is 0.400. The molecule has 1 aliphatic heterocycles. The van der Waals surface area contributed by atoms with Gasteiger partial charge in [-0.2, -0.15) is 0 Å². The van der Waals surface area contributed by atoms with Crippen molar-refractivity contribution in [1.29, 1.82) is 0 Å². The summed E-state index contributed by atoms with van der Waals surface area (Å²) >= 11 is 0. The van der Waals surface area contributed by atoms with E-state index in [2.05, 4.69) is 81.1 Å². The van der Waals surface area contributed by atoms with E-state index in [9.17, 15) is 0 Å². The highest BCUT2D eigenvalue weighted by Crippen LogP contribution is 2.46. The van der Waals surface area contributed by atoms with Gasteiger partial charge >= 0.3 is 0 Å². The van der Waals surface area contributed by atoms with E-state index in [-0.39, 0.29) is 0 Å². The summed E-state index contributed by atoms with van der Waals surface area (Å²) in [7, 11) is 0. The van der Waals surface area contributed by atoms with Gasteiger partial charge in [0.2, 0.25) is 0 Å². The fourth-order valence-electron chi connectivity index (χ4n) is 3.19. The Balaban J connectivity index is 1.99. The van der Waals surface area contributed by atoms with Crippen LogP contribution in [0.2, 0.25) is 0 Å². The number of hydrogen-bond acceptors (Lipinski definition) is 1. The zero-order valence-corrected chi connectivity index (χ0v) is 13.5. The smallest absolute Gasteiger partial charge is 0.0719 e. The highest BCUT2D eigenvalue weighted by Gasteiger charge is 2.38. The third-order valence-electron chi connectivity index (χ3n) is 4.43. The minimum absolute atomic E-state index is 0.559. The van der Waals surface area contributed by atoms with E-state index in [4.69, 9.17) is 0 Å². The van der Waals surface area contributed by atoms with Crippen LogP contribution in [0.3, 0.4) is 0 Å². The van der Waals surface area contributed by atoms with E-state index in [1.165, 1.54) is 22.4 Å². The van der Waals surface area contributed by atoms with Crippen molar-refractivity contribution in [2.75, 3.05) is 11.4 Å². The third kappa shape index (κ3) is 2.70. The lowest BCUT2D eigenvalue weighted by Gasteiger charge is -2.21. The van der Waals surface area contributed by atoms with Gasteiger partial charge in [-0.1, -0.05) is 76.2 Å². The first-order valence-electron chi connectivity index (χ1n) is 8.04. The number of anilines is 1. The van der Waals surface area contributed by atoms with Gasteiger partial charge in [-0.05, 0) is 28.5 Å². The van der Waals surface area contributed by atoms with Crippen LogP contribution in [0.15, 0.2) is 48.5 Å². The molecule has 0 saturated carbocycles. The maximum atomic E-state index is 2.57. The van der Waals surface area contributed by atoms with Crippen LogP contribution in [0.4, 0.5) is 5.69 Å². The molecule has 1 heterocycles. The molecule has 0 aromatic heterocycles. The number of nitrogens with zero attached hydrogens (tertiary/aromatic N) is 1. The molecule has 2 aromatic rings. The summed E-state index contributed by atoms with van der Waals surface area (Å²) in [5.41, 5.74) is 5.89. The topological polar surface area (TPSA) is 3.01 Å². The van der Waals surface area contributed by atoms with Gasteiger partial charge in [0.15, 0.2) is 0 Å². The molecular formula is C20H25N. The largest absolute Gasteiger partial charge is 0.360 e. The second-order valence-corrected chi connectivity index (χ2v) is 6.67. The Labute approximate surface area is 128 Å². The molecule has 1 nitrogen and oxygen atoms in total. The highest BCUT2D eigenvalue weighted by atomic mass is 15.3. The van der Waals surface area contributed by atoms with Gasteiger partial charge in [-0.15, -0.1) is 0 Å². The van der Waals surface area contributed by atoms with Gasteiger partial charge in [0, 0.05) is 12.2 Å². The standard InChI is InChI=1S/C20H25N/c1-14(2)17-11-8-12-18(15(3)4)20(17)21-13-19(21)16-9-6-5-7-10-16/h5-12,14-15,19H,13H2,1-4H3. The molecule has 1 atom stereocenters. The lowest BCUT2D eigenvalue weighted by Crippen LogP contribution is -2.06. The Morgan fingerprint density at radius 1 is 0.810 bits per heavy atom. The average Bonchev–Trinajstić information content (AvgIpc) is 3.27. The zero-order valence-electron chi connectivity index (χ0n) is 13.5. The second kappa shape index (κ2) is 5.55. The van der Waals surface area contributed by atoms with Crippen LogP contribution in [0, 0.1) is 0 Å². The van der Waals surface area contributed by atoms with Gasteiger partial charge in [0.25, 0.3) is 0 Å². The Bertz CT molecular complexity index is 587.